The molecule has 3 aromatic rings. The van der Waals surface area contributed by atoms with Crippen molar-refractivity contribution < 1.29 is 22.7 Å². The molecule has 37 heavy (non-hydrogen) atoms. The Bertz CT molecular complexity index is 1310. The molecule has 0 saturated carbocycles. The molecular weight excluding hydrogens is 488 g/mol. The molecule has 1 amide bonds. The number of ether oxygens (including phenoxy) is 2. The summed E-state index contributed by atoms with van der Waals surface area (Å²) in [6.45, 7) is 6.17. The molecule has 0 bridgehead atoms. The number of hydrogen-bond acceptors (Lipinski definition) is 5. The van der Waals surface area contributed by atoms with E-state index in [-0.39, 0.29) is 17.5 Å². The molecule has 1 heterocycles. The Kier molecular flexibility index (Phi) is 8.07. The lowest BCUT2D eigenvalue weighted by molar-refractivity contribution is -0.121. The Morgan fingerprint density at radius 3 is 2.27 bits per heavy atom. The Labute approximate surface area is 219 Å². The zero-order valence-corrected chi connectivity index (χ0v) is 22.3. The van der Waals surface area contributed by atoms with Crippen molar-refractivity contribution in [1.29, 1.82) is 0 Å². The summed E-state index contributed by atoms with van der Waals surface area (Å²) >= 11 is 0. The van der Waals surface area contributed by atoms with Gasteiger partial charge in [0, 0.05) is 12.0 Å². The fourth-order valence-corrected chi connectivity index (χ4v) is 6.15. The van der Waals surface area contributed by atoms with Gasteiger partial charge in [0.2, 0.25) is 5.91 Å². The minimum atomic E-state index is -4.00. The maximum absolute atomic E-state index is 13.7. The van der Waals surface area contributed by atoms with E-state index in [1.165, 1.54) is 12.1 Å². The van der Waals surface area contributed by atoms with Gasteiger partial charge in [-0.15, -0.1) is 0 Å². The third-order valence-corrected chi connectivity index (χ3v) is 8.66. The van der Waals surface area contributed by atoms with Gasteiger partial charge in [-0.25, -0.2) is 8.42 Å². The molecule has 7 nitrogen and oxygen atoms in total. The monoisotopic (exact) mass is 522 g/mol. The Hall–Kier alpha value is -3.52. The predicted octanol–water partition coefficient (Wildman–Crippen LogP) is 5.48. The van der Waals surface area contributed by atoms with Crippen LogP contribution >= 0.6 is 0 Å². The van der Waals surface area contributed by atoms with Crippen molar-refractivity contribution in [2.24, 2.45) is 0 Å². The highest BCUT2D eigenvalue weighted by Gasteiger charge is 2.39. The van der Waals surface area contributed by atoms with Gasteiger partial charge in [0.15, 0.2) is 0 Å². The van der Waals surface area contributed by atoms with E-state index >= 15 is 0 Å². The van der Waals surface area contributed by atoms with Crippen LogP contribution in [0.3, 0.4) is 0 Å². The van der Waals surface area contributed by atoms with Gasteiger partial charge in [0.25, 0.3) is 10.0 Å². The smallest absolute Gasteiger partial charge is 0.264 e. The van der Waals surface area contributed by atoms with Gasteiger partial charge >= 0.3 is 0 Å². The molecule has 1 N–H and O–H groups in total. The fourth-order valence-electron chi connectivity index (χ4n) is 4.71. The number of nitrogens with one attached hydrogen (secondary N) is 1. The summed E-state index contributed by atoms with van der Waals surface area (Å²) < 4.78 is 40.3. The SMILES string of the molecule is CCOc1ccc(N(CC(=O)N[C@@H]2CC(CC)(CC)Oc3ccccc32)S(=O)(=O)c2ccccc2)cc1. The number of para-hydroxylation sites is 1. The van der Waals surface area contributed by atoms with Crippen molar-refractivity contribution in [1.82, 2.24) is 5.32 Å². The number of fused-ring (bicyclic) bond motifs is 1. The maximum Gasteiger partial charge on any atom is 0.264 e. The summed E-state index contributed by atoms with van der Waals surface area (Å²) in [6, 6.07) is 22.3. The van der Waals surface area contributed by atoms with Crippen LogP contribution in [0.5, 0.6) is 11.5 Å². The van der Waals surface area contributed by atoms with Gasteiger partial charge < -0.3 is 14.8 Å². The number of anilines is 1. The van der Waals surface area contributed by atoms with Crippen LogP contribution in [0, 0.1) is 0 Å². The topological polar surface area (TPSA) is 84.9 Å². The summed E-state index contributed by atoms with van der Waals surface area (Å²) in [5, 5.41) is 3.10. The van der Waals surface area contributed by atoms with E-state index in [0.29, 0.717) is 24.5 Å². The van der Waals surface area contributed by atoms with Crippen molar-refractivity contribution in [3.05, 3.63) is 84.4 Å². The van der Waals surface area contributed by atoms with Crippen LogP contribution in [-0.2, 0) is 14.8 Å². The average molecular weight is 523 g/mol. The van der Waals surface area contributed by atoms with Gasteiger partial charge in [-0.2, -0.15) is 0 Å². The molecule has 196 valence electrons. The van der Waals surface area contributed by atoms with Gasteiger partial charge in [-0.1, -0.05) is 50.2 Å². The maximum atomic E-state index is 13.7. The van der Waals surface area contributed by atoms with Crippen molar-refractivity contribution >= 4 is 21.6 Å². The lowest BCUT2D eigenvalue weighted by Gasteiger charge is -2.41. The molecule has 1 aliphatic heterocycles. The lowest BCUT2D eigenvalue weighted by Crippen LogP contribution is -2.47. The first-order valence-corrected chi connectivity index (χ1v) is 14.1. The third kappa shape index (κ3) is 5.74. The van der Waals surface area contributed by atoms with Crippen molar-refractivity contribution in [3.63, 3.8) is 0 Å². The number of amides is 1. The molecule has 0 spiro atoms. The van der Waals surface area contributed by atoms with Crippen LogP contribution in [0.25, 0.3) is 0 Å². The average Bonchev–Trinajstić information content (AvgIpc) is 2.92. The van der Waals surface area contributed by atoms with E-state index in [2.05, 4.69) is 19.2 Å². The zero-order valence-electron chi connectivity index (χ0n) is 21.5. The molecule has 8 heteroatoms. The molecule has 0 unspecified atom stereocenters. The number of rotatable bonds is 10. The highest BCUT2D eigenvalue weighted by Crippen LogP contribution is 2.42. The van der Waals surface area contributed by atoms with E-state index < -0.39 is 21.5 Å². The van der Waals surface area contributed by atoms with E-state index in [1.54, 1.807) is 42.5 Å². The first kappa shape index (κ1) is 26.5. The molecule has 0 radical (unpaired) electrons. The van der Waals surface area contributed by atoms with Crippen LogP contribution in [0.1, 0.15) is 51.6 Å². The molecular formula is C29H34N2O5S. The molecule has 0 fully saturated rings. The number of sulfonamides is 1. The van der Waals surface area contributed by atoms with Gasteiger partial charge in [0.05, 0.1) is 23.2 Å². The van der Waals surface area contributed by atoms with E-state index in [4.69, 9.17) is 9.47 Å². The largest absolute Gasteiger partial charge is 0.494 e. The van der Waals surface area contributed by atoms with Gasteiger partial charge in [-0.3, -0.25) is 9.10 Å². The molecule has 3 aromatic carbocycles. The molecule has 0 aromatic heterocycles. The van der Waals surface area contributed by atoms with Crippen LogP contribution in [0.2, 0.25) is 0 Å². The second-order valence-corrected chi connectivity index (χ2v) is 11.0. The van der Waals surface area contributed by atoms with Crippen LogP contribution < -0.4 is 19.1 Å². The second-order valence-electron chi connectivity index (χ2n) is 9.11. The van der Waals surface area contributed by atoms with Crippen molar-refractivity contribution in [2.75, 3.05) is 17.5 Å². The highest BCUT2D eigenvalue weighted by molar-refractivity contribution is 7.92. The molecule has 1 atom stereocenters. The van der Waals surface area contributed by atoms with E-state index in [0.717, 1.165) is 28.5 Å². The number of carbonyl (C=O) groups excluding carboxylic acids is 1. The number of carbonyl (C=O) groups is 1. The molecule has 0 saturated heterocycles. The molecule has 1 aliphatic rings. The van der Waals surface area contributed by atoms with Gasteiger partial charge in [0.1, 0.15) is 23.6 Å². The van der Waals surface area contributed by atoms with Gasteiger partial charge in [-0.05, 0) is 62.2 Å². The van der Waals surface area contributed by atoms with Crippen molar-refractivity contribution in [3.8, 4) is 11.5 Å². The van der Waals surface area contributed by atoms with Crippen LogP contribution in [-0.4, -0.2) is 33.1 Å². The normalized spacial score (nSPS) is 16.2. The van der Waals surface area contributed by atoms with Crippen LogP contribution in [0.15, 0.2) is 83.8 Å². The zero-order chi connectivity index (χ0) is 26.5. The van der Waals surface area contributed by atoms with E-state index in [1.807, 2.05) is 31.2 Å². The summed E-state index contributed by atoms with van der Waals surface area (Å²) in [4.78, 5) is 13.6. The summed E-state index contributed by atoms with van der Waals surface area (Å²) in [5.41, 5.74) is 0.884. The standard InChI is InChI=1S/C29H34N2O5S/c1-4-29(5-2)20-26(25-14-10-11-15-27(25)36-29)30-28(32)21-31(22-16-18-23(19-17-22)35-6-3)37(33,34)24-12-8-7-9-13-24/h7-19,26H,4-6,20-21H2,1-3H3,(H,30,32)/t26-/m1/s1. The summed E-state index contributed by atoms with van der Waals surface area (Å²) in [6.07, 6.45) is 2.20. The van der Waals surface area contributed by atoms with E-state index in [9.17, 15) is 13.2 Å². The Balaban J connectivity index is 1.64. The Morgan fingerprint density at radius 2 is 1.62 bits per heavy atom. The first-order chi connectivity index (χ1) is 17.8. The quantitative estimate of drug-likeness (QED) is 0.381. The second kappa shape index (κ2) is 11.3. The first-order valence-electron chi connectivity index (χ1n) is 12.7. The summed E-state index contributed by atoms with van der Waals surface area (Å²) in [7, 11) is -4.00. The number of nitrogens with zero attached hydrogens (tertiary/aromatic N) is 1. The third-order valence-electron chi connectivity index (χ3n) is 6.88. The highest BCUT2D eigenvalue weighted by atomic mass is 32.2. The Morgan fingerprint density at radius 1 is 0.973 bits per heavy atom. The fraction of sp³-hybridized carbons (Fsp3) is 0.345. The summed E-state index contributed by atoms with van der Waals surface area (Å²) in [5.74, 6) is 0.987. The van der Waals surface area contributed by atoms with Crippen molar-refractivity contribution in [2.45, 2.75) is 56.6 Å². The number of benzene rings is 3. The molecule has 4 rings (SSSR count). The molecule has 0 aliphatic carbocycles. The lowest BCUT2D eigenvalue weighted by atomic mass is 9.83. The predicted molar refractivity (Wildman–Crippen MR) is 144 cm³/mol. The minimum absolute atomic E-state index is 0.115. The minimum Gasteiger partial charge on any atom is -0.494 e. The number of hydrogen-bond donors (Lipinski definition) is 1. The van der Waals surface area contributed by atoms with Crippen LogP contribution in [0.4, 0.5) is 5.69 Å².